The summed E-state index contributed by atoms with van der Waals surface area (Å²) in [6.07, 6.45) is 0. The topological polar surface area (TPSA) is 39.2 Å². The number of benzene rings is 1. The molecule has 0 aliphatic carbocycles. The largest absolute Gasteiger partial charge is 0.466 e. The number of aryl methyl sites for hydroxylation is 2. The molecule has 15 heavy (non-hydrogen) atoms. The van der Waals surface area contributed by atoms with Crippen LogP contribution in [0.2, 0.25) is 0 Å². The molecule has 0 bridgehead atoms. The monoisotopic (exact) mass is 205 g/mol. The van der Waals surface area contributed by atoms with Crippen LogP contribution in [-0.2, 0) is 0 Å². The molecule has 1 aromatic heterocycles. The fraction of sp³-hybridized carbons (Fsp3) is 0.167. The van der Waals surface area contributed by atoms with Gasteiger partial charge in [-0.15, -0.1) is 0 Å². The maximum Gasteiger partial charge on any atom is 0.146 e. The molecule has 0 amide bonds. The Bertz CT molecular complexity index is 502. The van der Waals surface area contributed by atoms with Crippen LogP contribution < -0.4 is 5.73 Å². The number of furan rings is 1. The Morgan fingerprint density at radius 1 is 1.20 bits per heavy atom. The van der Waals surface area contributed by atoms with Crippen molar-refractivity contribution in [3.8, 4) is 11.1 Å². The van der Waals surface area contributed by atoms with Crippen molar-refractivity contribution in [3.63, 3.8) is 0 Å². The number of hydrogen-bond donors (Lipinski definition) is 1. The lowest BCUT2D eigenvalue weighted by molar-refractivity contribution is 0.505. The normalized spacial score (nSPS) is 10.6. The summed E-state index contributed by atoms with van der Waals surface area (Å²) in [4.78, 5) is 0. The van der Waals surface area contributed by atoms with Gasteiger partial charge in [0.25, 0.3) is 0 Å². The fourth-order valence-corrected chi connectivity index (χ4v) is 1.61. The lowest BCUT2D eigenvalue weighted by atomic mass is 10.1. The third kappa shape index (κ3) is 1.73. The lowest BCUT2D eigenvalue weighted by Crippen LogP contribution is -1.90. The highest BCUT2D eigenvalue weighted by molar-refractivity contribution is 5.68. The highest BCUT2D eigenvalue weighted by Crippen LogP contribution is 2.28. The Hall–Kier alpha value is -1.77. The van der Waals surface area contributed by atoms with E-state index < -0.39 is 5.82 Å². The first-order valence-electron chi connectivity index (χ1n) is 4.70. The highest BCUT2D eigenvalue weighted by Gasteiger charge is 2.08. The summed E-state index contributed by atoms with van der Waals surface area (Å²) in [5.74, 6) is 1.21. The van der Waals surface area contributed by atoms with Gasteiger partial charge >= 0.3 is 0 Å². The van der Waals surface area contributed by atoms with E-state index in [2.05, 4.69) is 0 Å². The SMILES string of the molecule is Cc1cc(-c2ccc(N)c(F)c2)c(C)o1. The highest BCUT2D eigenvalue weighted by atomic mass is 19.1. The van der Waals surface area contributed by atoms with Gasteiger partial charge in [0.1, 0.15) is 17.3 Å². The Balaban J connectivity index is 2.54. The molecule has 0 unspecified atom stereocenters. The maximum atomic E-state index is 13.2. The average molecular weight is 205 g/mol. The second kappa shape index (κ2) is 3.42. The number of halogens is 1. The molecule has 0 spiro atoms. The van der Waals surface area contributed by atoms with Crippen molar-refractivity contribution in [1.29, 1.82) is 0 Å². The molecule has 0 saturated carbocycles. The minimum absolute atomic E-state index is 0.164. The molecule has 3 heteroatoms. The molecule has 2 aromatic rings. The Morgan fingerprint density at radius 2 is 1.93 bits per heavy atom. The van der Waals surface area contributed by atoms with Gasteiger partial charge in [0.2, 0.25) is 0 Å². The van der Waals surface area contributed by atoms with Crippen LogP contribution in [-0.4, -0.2) is 0 Å². The first-order valence-corrected chi connectivity index (χ1v) is 4.70. The van der Waals surface area contributed by atoms with E-state index in [1.165, 1.54) is 6.07 Å². The minimum atomic E-state index is -0.397. The average Bonchev–Trinajstić information content (AvgIpc) is 2.50. The molecule has 0 saturated heterocycles. The van der Waals surface area contributed by atoms with Crippen molar-refractivity contribution in [2.24, 2.45) is 0 Å². The molecule has 0 atom stereocenters. The number of rotatable bonds is 1. The van der Waals surface area contributed by atoms with Crippen LogP contribution in [0, 0.1) is 19.7 Å². The second-order valence-corrected chi connectivity index (χ2v) is 3.56. The van der Waals surface area contributed by atoms with Crippen molar-refractivity contribution in [3.05, 3.63) is 41.6 Å². The van der Waals surface area contributed by atoms with Crippen molar-refractivity contribution < 1.29 is 8.81 Å². The van der Waals surface area contributed by atoms with Crippen LogP contribution in [0.1, 0.15) is 11.5 Å². The van der Waals surface area contributed by atoms with Crippen LogP contribution >= 0.6 is 0 Å². The summed E-state index contributed by atoms with van der Waals surface area (Å²) in [6, 6.07) is 6.66. The zero-order valence-corrected chi connectivity index (χ0v) is 8.67. The van der Waals surface area contributed by atoms with Crippen LogP contribution in [0.3, 0.4) is 0 Å². The van der Waals surface area contributed by atoms with Gasteiger partial charge in [0.15, 0.2) is 0 Å². The molecule has 2 N–H and O–H groups in total. The summed E-state index contributed by atoms with van der Waals surface area (Å²) < 4.78 is 18.6. The smallest absolute Gasteiger partial charge is 0.146 e. The molecule has 78 valence electrons. The quantitative estimate of drug-likeness (QED) is 0.725. The zero-order chi connectivity index (χ0) is 11.0. The van der Waals surface area contributed by atoms with Gasteiger partial charge in [-0.05, 0) is 37.6 Å². The Kier molecular flexibility index (Phi) is 2.23. The van der Waals surface area contributed by atoms with Crippen molar-refractivity contribution in [2.75, 3.05) is 5.73 Å². The van der Waals surface area contributed by atoms with Crippen LogP contribution in [0.15, 0.2) is 28.7 Å². The third-order valence-corrected chi connectivity index (χ3v) is 2.35. The Labute approximate surface area is 87.5 Å². The standard InChI is InChI=1S/C12H12FNO/c1-7-5-10(8(2)15-7)9-3-4-12(14)11(13)6-9/h3-6H,14H2,1-2H3. The van der Waals surface area contributed by atoms with E-state index in [4.69, 9.17) is 10.2 Å². The summed E-state index contributed by atoms with van der Waals surface area (Å²) >= 11 is 0. The fourth-order valence-electron chi connectivity index (χ4n) is 1.61. The molecule has 0 aliphatic rings. The molecular formula is C12H12FNO. The maximum absolute atomic E-state index is 13.2. The molecular weight excluding hydrogens is 193 g/mol. The van der Waals surface area contributed by atoms with Crippen molar-refractivity contribution >= 4 is 5.69 Å². The van der Waals surface area contributed by atoms with E-state index in [0.717, 1.165) is 22.6 Å². The minimum Gasteiger partial charge on any atom is -0.466 e. The molecule has 1 aromatic carbocycles. The van der Waals surface area contributed by atoms with E-state index in [1.807, 2.05) is 19.9 Å². The summed E-state index contributed by atoms with van der Waals surface area (Å²) in [5.41, 5.74) is 7.27. The van der Waals surface area contributed by atoms with E-state index in [0.29, 0.717) is 0 Å². The molecule has 0 fully saturated rings. The van der Waals surface area contributed by atoms with E-state index in [9.17, 15) is 4.39 Å². The molecule has 2 rings (SSSR count). The summed E-state index contributed by atoms with van der Waals surface area (Å²) in [7, 11) is 0. The van der Waals surface area contributed by atoms with Gasteiger partial charge < -0.3 is 10.2 Å². The number of nitrogens with two attached hydrogens (primary N) is 1. The summed E-state index contributed by atoms with van der Waals surface area (Å²) in [6.45, 7) is 3.72. The van der Waals surface area contributed by atoms with Crippen molar-refractivity contribution in [1.82, 2.24) is 0 Å². The van der Waals surface area contributed by atoms with E-state index in [-0.39, 0.29) is 5.69 Å². The third-order valence-electron chi connectivity index (χ3n) is 2.35. The van der Waals surface area contributed by atoms with Gasteiger partial charge in [-0.25, -0.2) is 4.39 Å². The van der Waals surface area contributed by atoms with Crippen molar-refractivity contribution in [2.45, 2.75) is 13.8 Å². The Morgan fingerprint density at radius 3 is 2.47 bits per heavy atom. The van der Waals surface area contributed by atoms with Crippen LogP contribution in [0.4, 0.5) is 10.1 Å². The van der Waals surface area contributed by atoms with Crippen LogP contribution in [0.25, 0.3) is 11.1 Å². The number of nitrogen functional groups attached to an aromatic ring is 1. The van der Waals surface area contributed by atoms with E-state index in [1.54, 1.807) is 12.1 Å². The summed E-state index contributed by atoms with van der Waals surface area (Å²) in [5, 5.41) is 0. The molecule has 0 aliphatic heterocycles. The second-order valence-electron chi connectivity index (χ2n) is 3.56. The molecule has 0 radical (unpaired) electrons. The van der Waals surface area contributed by atoms with Gasteiger partial charge in [0.05, 0.1) is 5.69 Å². The number of anilines is 1. The van der Waals surface area contributed by atoms with Gasteiger partial charge in [-0.1, -0.05) is 6.07 Å². The molecule has 1 heterocycles. The van der Waals surface area contributed by atoms with Gasteiger partial charge in [-0.2, -0.15) is 0 Å². The predicted octanol–water partition coefficient (Wildman–Crippen LogP) is 3.28. The van der Waals surface area contributed by atoms with Gasteiger partial charge in [-0.3, -0.25) is 0 Å². The number of hydrogen-bond acceptors (Lipinski definition) is 2. The predicted molar refractivity (Wildman–Crippen MR) is 58.0 cm³/mol. The first-order chi connectivity index (χ1) is 7.08. The van der Waals surface area contributed by atoms with E-state index >= 15 is 0 Å². The first kappa shape index (κ1) is 9.77. The zero-order valence-electron chi connectivity index (χ0n) is 8.67. The lowest BCUT2D eigenvalue weighted by Gasteiger charge is -2.01. The van der Waals surface area contributed by atoms with Crippen LogP contribution in [0.5, 0.6) is 0 Å². The molecule has 2 nitrogen and oxygen atoms in total. The van der Waals surface area contributed by atoms with Gasteiger partial charge in [0, 0.05) is 5.56 Å².